The number of hydrogen-bond donors (Lipinski definition) is 1. The van der Waals surface area contributed by atoms with Gasteiger partial charge in [0.2, 0.25) is 15.9 Å². The van der Waals surface area contributed by atoms with E-state index in [0.717, 1.165) is 19.3 Å². The fraction of sp³-hybridized carbons (Fsp3) is 0.250. The van der Waals surface area contributed by atoms with E-state index < -0.39 is 20.9 Å². The molecule has 1 amide bonds. The van der Waals surface area contributed by atoms with E-state index in [-0.39, 0.29) is 10.6 Å². The molecular weight excluding hydrogens is 394 g/mol. The van der Waals surface area contributed by atoms with E-state index in [9.17, 15) is 23.3 Å². The molecule has 1 aliphatic rings. The second kappa shape index (κ2) is 8.97. The standard InChI is InChI=1S/C20H21N3O5S/c24-20(13-6-16-4-9-18(10-5-16)23(25)26)21-17-7-11-19(12-8-17)29(27,28)22-14-2-1-3-15-22/h4-13H,1-3,14-15H2,(H,21,24)/b13-6+. The van der Waals surface area contributed by atoms with E-state index in [2.05, 4.69) is 5.32 Å². The van der Waals surface area contributed by atoms with Gasteiger partial charge in [0.05, 0.1) is 9.82 Å². The Morgan fingerprint density at radius 3 is 2.21 bits per heavy atom. The predicted octanol–water partition coefficient (Wildman–Crippen LogP) is 3.42. The van der Waals surface area contributed by atoms with Gasteiger partial charge in [0, 0.05) is 37.0 Å². The second-order valence-corrected chi connectivity index (χ2v) is 8.60. The van der Waals surface area contributed by atoms with Crippen LogP contribution in [0.5, 0.6) is 0 Å². The maximum atomic E-state index is 12.6. The van der Waals surface area contributed by atoms with Crippen LogP contribution in [0.3, 0.4) is 0 Å². The molecule has 0 aromatic heterocycles. The molecule has 0 spiro atoms. The summed E-state index contributed by atoms with van der Waals surface area (Å²) in [5, 5.41) is 13.3. The maximum Gasteiger partial charge on any atom is 0.269 e. The molecule has 0 unspecified atom stereocenters. The molecule has 0 saturated carbocycles. The quantitative estimate of drug-likeness (QED) is 0.442. The fourth-order valence-electron chi connectivity index (χ4n) is 3.03. The molecule has 3 rings (SSSR count). The number of amides is 1. The van der Waals surface area contributed by atoms with Crippen molar-refractivity contribution in [3.8, 4) is 0 Å². The highest BCUT2D eigenvalue weighted by atomic mass is 32.2. The van der Waals surface area contributed by atoms with Crippen molar-refractivity contribution in [3.05, 3.63) is 70.3 Å². The largest absolute Gasteiger partial charge is 0.323 e. The zero-order chi connectivity index (χ0) is 20.9. The summed E-state index contributed by atoms with van der Waals surface area (Å²) < 4.78 is 26.8. The van der Waals surface area contributed by atoms with Gasteiger partial charge in [-0.15, -0.1) is 0 Å². The molecular formula is C20H21N3O5S. The van der Waals surface area contributed by atoms with Crippen LogP contribution < -0.4 is 5.32 Å². The minimum absolute atomic E-state index is 0.0220. The number of benzene rings is 2. The summed E-state index contributed by atoms with van der Waals surface area (Å²) in [7, 11) is -3.50. The first-order valence-corrected chi connectivity index (χ1v) is 10.6. The van der Waals surface area contributed by atoms with Crippen molar-refractivity contribution in [1.29, 1.82) is 0 Å². The van der Waals surface area contributed by atoms with Gasteiger partial charge in [-0.25, -0.2) is 8.42 Å². The van der Waals surface area contributed by atoms with Crippen LogP contribution >= 0.6 is 0 Å². The van der Waals surface area contributed by atoms with Crippen molar-refractivity contribution < 1.29 is 18.1 Å². The Hall–Kier alpha value is -3.04. The molecule has 0 bridgehead atoms. The minimum atomic E-state index is -3.50. The van der Waals surface area contributed by atoms with Crippen LogP contribution in [0, 0.1) is 10.1 Å². The SMILES string of the molecule is O=C(/C=C/c1ccc([N+](=O)[O-])cc1)Nc1ccc(S(=O)(=O)N2CCCCC2)cc1. The van der Waals surface area contributed by atoms with Gasteiger partial charge in [-0.05, 0) is 60.9 Å². The van der Waals surface area contributed by atoms with Crippen LogP contribution in [0.15, 0.2) is 59.5 Å². The zero-order valence-corrected chi connectivity index (χ0v) is 16.5. The third-order valence-electron chi connectivity index (χ3n) is 4.61. The topological polar surface area (TPSA) is 110 Å². The molecule has 1 heterocycles. The first kappa shape index (κ1) is 20.7. The van der Waals surface area contributed by atoms with Gasteiger partial charge >= 0.3 is 0 Å². The molecule has 9 heteroatoms. The Morgan fingerprint density at radius 1 is 1.00 bits per heavy atom. The van der Waals surface area contributed by atoms with E-state index in [1.54, 1.807) is 24.3 Å². The van der Waals surface area contributed by atoms with Gasteiger partial charge < -0.3 is 5.32 Å². The lowest BCUT2D eigenvalue weighted by molar-refractivity contribution is -0.384. The van der Waals surface area contributed by atoms with Gasteiger partial charge in [-0.3, -0.25) is 14.9 Å². The number of rotatable bonds is 6. The Morgan fingerprint density at radius 2 is 1.62 bits per heavy atom. The second-order valence-electron chi connectivity index (χ2n) is 6.66. The van der Waals surface area contributed by atoms with Crippen LogP contribution in [0.4, 0.5) is 11.4 Å². The Bertz CT molecular complexity index is 1010. The molecule has 1 fully saturated rings. The number of carbonyl (C=O) groups excluding carboxylic acids is 1. The predicted molar refractivity (Wildman–Crippen MR) is 110 cm³/mol. The Balaban J connectivity index is 1.61. The molecule has 0 radical (unpaired) electrons. The smallest absolute Gasteiger partial charge is 0.269 e. The van der Waals surface area contributed by atoms with E-state index in [1.165, 1.54) is 40.7 Å². The van der Waals surface area contributed by atoms with Crippen LogP contribution in [0.25, 0.3) is 6.08 Å². The number of nitrogens with one attached hydrogen (secondary N) is 1. The normalized spacial score (nSPS) is 15.3. The van der Waals surface area contributed by atoms with Crippen LogP contribution in [-0.4, -0.2) is 36.6 Å². The summed E-state index contributed by atoms with van der Waals surface area (Å²) in [4.78, 5) is 22.4. The molecule has 1 aliphatic heterocycles. The lowest BCUT2D eigenvalue weighted by atomic mass is 10.2. The number of nitro groups is 1. The number of non-ortho nitro benzene ring substituents is 1. The average molecular weight is 415 g/mol. The first-order chi connectivity index (χ1) is 13.9. The number of nitrogens with zero attached hydrogens (tertiary/aromatic N) is 2. The third kappa shape index (κ3) is 5.27. The van der Waals surface area contributed by atoms with Crippen LogP contribution in [-0.2, 0) is 14.8 Å². The van der Waals surface area contributed by atoms with Gasteiger partial charge in [0.1, 0.15) is 0 Å². The van der Waals surface area contributed by atoms with Crippen LogP contribution in [0.2, 0.25) is 0 Å². The molecule has 1 N–H and O–H groups in total. The molecule has 0 aliphatic carbocycles. The summed E-state index contributed by atoms with van der Waals surface area (Å²) in [5.41, 5.74) is 1.10. The first-order valence-electron chi connectivity index (χ1n) is 9.20. The minimum Gasteiger partial charge on any atom is -0.323 e. The van der Waals surface area contributed by atoms with Gasteiger partial charge in [-0.1, -0.05) is 6.42 Å². The van der Waals surface area contributed by atoms with Gasteiger partial charge in [0.15, 0.2) is 0 Å². The molecule has 152 valence electrons. The Kier molecular flexibility index (Phi) is 6.40. The van der Waals surface area contributed by atoms with E-state index in [1.807, 2.05) is 0 Å². The maximum absolute atomic E-state index is 12.6. The third-order valence-corrected chi connectivity index (χ3v) is 6.52. The summed E-state index contributed by atoms with van der Waals surface area (Å²) in [6.45, 7) is 1.07. The zero-order valence-electron chi connectivity index (χ0n) is 15.7. The van der Waals surface area contributed by atoms with Crippen molar-refractivity contribution in [3.63, 3.8) is 0 Å². The molecule has 2 aromatic rings. The van der Waals surface area contributed by atoms with Crippen molar-refractivity contribution in [1.82, 2.24) is 4.31 Å². The Labute approximate surface area is 169 Å². The van der Waals surface area contributed by atoms with E-state index >= 15 is 0 Å². The fourth-order valence-corrected chi connectivity index (χ4v) is 4.54. The summed E-state index contributed by atoms with van der Waals surface area (Å²) in [6.07, 6.45) is 5.63. The number of piperidine rings is 1. The molecule has 1 saturated heterocycles. The molecule has 0 atom stereocenters. The number of nitro benzene ring substituents is 1. The highest BCUT2D eigenvalue weighted by Crippen LogP contribution is 2.22. The average Bonchev–Trinajstić information content (AvgIpc) is 2.73. The molecule has 8 nitrogen and oxygen atoms in total. The molecule has 29 heavy (non-hydrogen) atoms. The van der Waals surface area contributed by atoms with Gasteiger partial charge in [0.25, 0.3) is 5.69 Å². The van der Waals surface area contributed by atoms with Crippen molar-refractivity contribution in [2.45, 2.75) is 24.2 Å². The van der Waals surface area contributed by atoms with E-state index in [4.69, 9.17) is 0 Å². The monoisotopic (exact) mass is 415 g/mol. The lowest BCUT2D eigenvalue weighted by Crippen LogP contribution is -2.35. The number of carbonyl (C=O) groups is 1. The highest BCUT2D eigenvalue weighted by molar-refractivity contribution is 7.89. The van der Waals surface area contributed by atoms with Crippen molar-refractivity contribution in [2.24, 2.45) is 0 Å². The number of sulfonamides is 1. The lowest BCUT2D eigenvalue weighted by Gasteiger charge is -2.25. The number of anilines is 1. The highest BCUT2D eigenvalue weighted by Gasteiger charge is 2.25. The summed E-state index contributed by atoms with van der Waals surface area (Å²) in [5.74, 6) is -0.394. The van der Waals surface area contributed by atoms with Gasteiger partial charge in [-0.2, -0.15) is 4.31 Å². The van der Waals surface area contributed by atoms with Crippen LogP contribution in [0.1, 0.15) is 24.8 Å². The van der Waals surface area contributed by atoms with Crippen molar-refractivity contribution in [2.75, 3.05) is 18.4 Å². The van der Waals surface area contributed by atoms with Crippen molar-refractivity contribution >= 4 is 33.4 Å². The summed E-state index contributed by atoms with van der Waals surface area (Å²) in [6, 6.07) is 11.9. The van der Waals surface area contributed by atoms with E-state index in [0.29, 0.717) is 24.3 Å². The summed E-state index contributed by atoms with van der Waals surface area (Å²) >= 11 is 0. The molecule has 2 aromatic carbocycles. The number of hydrogen-bond acceptors (Lipinski definition) is 5.